The van der Waals surface area contributed by atoms with E-state index in [0.29, 0.717) is 0 Å². The zero-order chi connectivity index (χ0) is 11.8. The number of rotatable bonds is 6. The van der Waals surface area contributed by atoms with Crippen LogP contribution in [0.2, 0.25) is 0 Å². The fourth-order valence-electron chi connectivity index (χ4n) is 1.33. The average Bonchev–Trinajstić information content (AvgIpc) is 2.79. The Hall–Kier alpha value is -1.36. The second kappa shape index (κ2) is 7.00. The monoisotopic (exact) mass is 228 g/mol. The number of esters is 2. The molecule has 1 unspecified atom stereocenters. The molecule has 0 radical (unpaired) electrons. The third-order valence-electron chi connectivity index (χ3n) is 2.17. The first-order chi connectivity index (χ1) is 7.72. The van der Waals surface area contributed by atoms with Crippen molar-refractivity contribution in [3.63, 3.8) is 0 Å². The molecule has 0 N–H and O–H groups in total. The summed E-state index contributed by atoms with van der Waals surface area (Å²) in [4.78, 5) is 21.8. The summed E-state index contributed by atoms with van der Waals surface area (Å²) in [6, 6.07) is 0. The van der Waals surface area contributed by atoms with Crippen molar-refractivity contribution in [1.29, 1.82) is 0 Å². The Morgan fingerprint density at radius 1 is 1.44 bits per heavy atom. The highest BCUT2D eigenvalue weighted by Gasteiger charge is 2.17. The van der Waals surface area contributed by atoms with Gasteiger partial charge in [0.05, 0.1) is 12.5 Å². The van der Waals surface area contributed by atoms with E-state index in [1.807, 2.05) is 0 Å². The highest BCUT2D eigenvalue weighted by atomic mass is 16.6. The molecule has 1 aliphatic heterocycles. The summed E-state index contributed by atoms with van der Waals surface area (Å²) in [7, 11) is 0. The number of hydrogen-bond acceptors (Lipinski definition) is 5. The zero-order valence-corrected chi connectivity index (χ0v) is 9.15. The molecule has 5 nitrogen and oxygen atoms in total. The van der Waals surface area contributed by atoms with Crippen LogP contribution >= 0.6 is 0 Å². The van der Waals surface area contributed by atoms with Crippen LogP contribution in [-0.2, 0) is 23.8 Å². The van der Waals surface area contributed by atoms with Crippen molar-refractivity contribution in [3.8, 4) is 0 Å². The molecule has 0 amide bonds. The van der Waals surface area contributed by atoms with Crippen LogP contribution in [0.3, 0.4) is 0 Å². The molecule has 16 heavy (non-hydrogen) atoms. The van der Waals surface area contributed by atoms with Crippen LogP contribution < -0.4 is 0 Å². The molecule has 1 aliphatic rings. The van der Waals surface area contributed by atoms with Gasteiger partial charge in [-0.25, -0.2) is 4.79 Å². The van der Waals surface area contributed by atoms with Gasteiger partial charge in [-0.05, 0) is 12.8 Å². The molecule has 0 spiro atoms. The number of hydrogen-bond donors (Lipinski definition) is 0. The summed E-state index contributed by atoms with van der Waals surface area (Å²) in [6.45, 7) is 4.28. The fraction of sp³-hybridized carbons (Fsp3) is 0.636. The minimum atomic E-state index is -0.535. The standard InChI is InChI=1S/C11H16O5/c1-2-10(12)15-7-5-11(13)16-8-9-4-3-6-14-9/h2,9H,1,3-8H2. The Morgan fingerprint density at radius 3 is 2.88 bits per heavy atom. The zero-order valence-electron chi connectivity index (χ0n) is 9.15. The Bertz CT molecular complexity index is 255. The summed E-state index contributed by atoms with van der Waals surface area (Å²) >= 11 is 0. The molecule has 1 rings (SSSR count). The molecule has 0 aromatic carbocycles. The van der Waals surface area contributed by atoms with E-state index in [4.69, 9.17) is 9.47 Å². The topological polar surface area (TPSA) is 61.8 Å². The summed E-state index contributed by atoms with van der Waals surface area (Å²) in [5, 5.41) is 0. The van der Waals surface area contributed by atoms with Crippen LogP contribution in [-0.4, -0.2) is 37.9 Å². The predicted octanol–water partition coefficient (Wildman–Crippen LogP) is 0.828. The van der Waals surface area contributed by atoms with Crippen molar-refractivity contribution in [2.24, 2.45) is 0 Å². The van der Waals surface area contributed by atoms with Gasteiger partial charge in [-0.1, -0.05) is 6.58 Å². The van der Waals surface area contributed by atoms with Gasteiger partial charge in [-0.15, -0.1) is 0 Å². The molecule has 1 atom stereocenters. The van der Waals surface area contributed by atoms with Gasteiger partial charge in [0.1, 0.15) is 13.2 Å². The van der Waals surface area contributed by atoms with E-state index >= 15 is 0 Å². The van der Waals surface area contributed by atoms with E-state index in [9.17, 15) is 9.59 Å². The number of carbonyl (C=O) groups is 2. The van der Waals surface area contributed by atoms with Gasteiger partial charge < -0.3 is 14.2 Å². The van der Waals surface area contributed by atoms with E-state index in [1.54, 1.807) is 0 Å². The molecule has 0 saturated carbocycles. The highest BCUT2D eigenvalue weighted by Crippen LogP contribution is 2.12. The van der Waals surface area contributed by atoms with E-state index < -0.39 is 5.97 Å². The van der Waals surface area contributed by atoms with Gasteiger partial charge >= 0.3 is 11.9 Å². The summed E-state index contributed by atoms with van der Waals surface area (Å²) in [5.74, 6) is -0.917. The summed E-state index contributed by atoms with van der Waals surface area (Å²) < 4.78 is 14.9. The molecule has 1 fully saturated rings. The molecule has 0 bridgehead atoms. The molecular weight excluding hydrogens is 212 g/mol. The number of ether oxygens (including phenoxy) is 3. The first kappa shape index (κ1) is 12.7. The van der Waals surface area contributed by atoms with Gasteiger partial charge in [0.2, 0.25) is 0 Å². The SMILES string of the molecule is C=CC(=O)OCCC(=O)OCC1CCCO1. The lowest BCUT2D eigenvalue weighted by Crippen LogP contribution is -2.19. The lowest BCUT2D eigenvalue weighted by molar-refractivity contribution is -0.149. The van der Waals surface area contributed by atoms with E-state index in [0.717, 1.165) is 25.5 Å². The molecule has 1 saturated heterocycles. The maximum absolute atomic E-state index is 11.2. The maximum atomic E-state index is 11.2. The fourth-order valence-corrected chi connectivity index (χ4v) is 1.33. The van der Waals surface area contributed by atoms with Crippen molar-refractivity contribution in [3.05, 3.63) is 12.7 Å². The number of carbonyl (C=O) groups excluding carboxylic acids is 2. The largest absolute Gasteiger partial charge is 0.463 e. The molecule has 0 aliphatic carbocycles. The normalized spacial score (nSPS) is 19.1. The van der Waals surface area contributed by atoms with Crippen molar-refractivity contribution in [1.82, 2.24) is 0 Å². The third-order valence-corrected chi connectivity index (χ3v) is 2.17. The second-order valence-corrected chi connectivity index (χ2v) is 3.44. The Morgan fingerprint density at radius 2 is 2.25 bits per heavy atom. The third kappa shape index (κ3) is 4.93. The second-order valence-electron chi connectivity index (χ2n) is 3.44. The van der Waals surface area contributed by atoms with Gasteiger partial charge in [-0.2, -0.15) is 0 Å². The van der Waals surface area contributed by atoms with Crippen molar-refractivity contribution < 1.29 is 23.8 Å². The first-order valence-corrected chi connectivity index (χ1v) is 5.29. The predicted molar refractivity (Wildman–Crippen MR) is 55.7 cm³/mol. The molecule has 5 heteroatoms. The van der Waals surface area contributed by atoms with Crippen molar-refractivity contribution in [2.45, 2.75) is 25.4 Å². The molecule has 0 aromatic rings. The van der Waals surface area contributed by atoms with Crippen molar-refractivity contribution in [2.75, 3.05) is 19.8 Å². The smallest absolute Gasteiger partial charge is 0.330 e. The maximum Gasteiger partial charge on any atom is 0.330 e. The lowest BCUT2D eigenvalue weighted by atomic mass is 10.2. The quantitative estimate of drug-likeness (QED) is 0.497. The minimum Gasteiger partial charge on any atom is -0.463 e. The van der Waals surface area contributed by atoms with Gasteiger partial charge in [0.25, 0.3) is 0 Å². The highest BCUT2D eigenvalue weighted by molar-refractivity contribution is 5.81. The lowest BCUT2D eigenvalue weighted by Gasteiger charge is -2.09. The van der Waals surface area contributed by atoms with Gasteiger partial charge in [0, 0.05) is 12.7 Å². The molecule has 0 aromatic heterocycles. The Balaban J connectivity index is 2.01. The van der Waals surface area contributed by atoms with E-state index in [2.05, 4.69) is 11.3 Å². The summed E-state index contributed by atoms with van der Waals surface area (Å²) in [5.41, 5.74) is 0. The van der Waals surface area contributed by atoms with Crippen LogP contribution in [0.25, 0.3) is 0 Å². The first-order valence-electron chi connectivity index (χ1n) is 5.29. The van der Waals surface area contributed by atoms with E-state index in [-0.39, 0.29) is 31.7 Å². The molecule has 1 heterocycles. The van der Waals surface area contributed by atoms with Crippen molar-refractivity contribution >= 4 is 11.9 Å². The molecular formula is C11H16O5. The van der Waals surface area contributed by atoms with Crippen LogP contribution in [0.4, 0.5) is 0 Å². The minimum absolute atomic E-state index is 0.0230. The van der Waals surface area contributed by atoms with Crippen LogP contribution in [0.5, 0.6) is 0 Å². The average molecular weight is 228 g/mol. The van der Waals surface area contributed by atoms with Crippen LogP contribution in [0.15, 0.2) is 12.7 Å². The Kier molecular flexibility index (Phi) is 5.56. The van der Waals surface area contributed by atoms with Gasteiger partial charge in [-0.3, -0.25) is 4.79 Å². The Labute approximate surface area is 94.4 Å². The summed E-state index contributed by atoms with van der Waals surface area (Å²) in [6.07, 6.45) is 3.08. The van der Waals surface area contributed by atoms with Crippen LogP contribution in [0.1, 0.15) is 19.3 Å². The van der Waals surface area contributed by atoms with E-state index in [1.165, 1.54) is 0 Å². The molecule has 90 valence electrons. The van der Waals surface area contributed by atoms with Crippen LogP contribution in [0, 0.1) is 0 Å². The van der Waals surface area contributed by atoms with Gasteiger partial charge in [0.15, 0.2) is 0 Å².